The van der Waals surface area contributed by atoms with Crippen molar-refractivity contribution in [3.8, 4) is 17.0 Å². The van der Waals surface area contributed by atoms with Crippen molar-refractivity contribution in [3.63, 3.8) is 0 Å². The van der Waals surface area contributed by atoms with Gasteiger partial charge in [-0.1, -0.05) is 35.3 Å². The zero-order valence-corrected chi connectivity index (χ0v) is 17.9. The highest BCUT2D eigenvalue weighted by Gasteiger charge is 2.25. The Hall–Kier alpha value is -2.67. The van der Waals surface area contributed by atoms with Crippen molar-refractivity contribution in [2.75, 3.05) is 7.11 Å². The van der Waals surface area contributed by atoms with Crippen LogP contribution in [0.5, 0.6) is 5.75 Å². The highest BCUT2D eigenvalue weighted by molar-refractivity contribution is 7.91. The Morgan fingerprint density at radius 3 is 2.47 bits per heavy atom. The molecule has 1 aromatic heterocycles. The monoisotopic (exact) mass is 461 g/mol. The van der Waals surface area contributed by atoms with Crippen molar-refractivity contribution in [1.29, 1.82) is 0 Å². The predicted octanol–water partition coefficient (Wildman–Crippen LogP) is 6.19. The summed E-state index contributed by atoms with van der Waals surface area (Å²) in [7, 11) is -2.58. The lowest BCUT2D eigenvalue weighted by molar-refractivity contribution is 0.414. The van der Waals surface area contributed by atoms with Gasteiger partial charge in [0, 0.05) is 22.0 Å². The highest BCUT2D eigenvalue weighted by Crippen LogP contribution is 2.36. The Kier molecular flexibility index (Phi) is 5.40. The molecule has 0 radical (unpaired) electrons. The van der Waals surface area contributed by atoms with Gasteiger partial charge in [0.2, 0.25) is 9.84 Å². The van der Waals surface area contributed by atoms with Gasteiger partial charge in [-0.05, 0) is 48.5 Å². The number of hydrogen-bond acceptors (Lipinski definition) is 4. The van der Waals surface area contributed by atoms with Crippen molar-refractivity contribution < 1.29 is 17.5 Å². The summed E-state index contributed by atoms with van der Waals surface area (Å²) in [4.78, 5) is 4.41. The molecular weight excluding hydrogens is 448 g/mol. The fraction of sp³-hybridized carbons (Fsp3) is 0.0455. The van der Waals surface area contributed by atoms with Gasteiger partial charge in [0.25, 0.3) is 0 Å². The van der Waals surface area contributed by atoms with E-state index < -0.39 is 15.7 Å². The number of aromatic nitrogens is 1. The van der Waals surface area contributed by atoms with Crippen LogP contribution in [-0.2, 0) is 9.84 Å². The van der Waals surface area contributed by atoms with E-state index in [2.05, 4.69) is 4.98 Å². The Balaban J connectivity index is 2.02. The number of fused-ring (bicyclic) bond motifs is 1. The zero-order chi connectivity index (χ0) is 21.5. The zero-order valence-electron chi connectivity index (χ0n) is 15.6. The molecule has 8 heteroatoms. The number of hydrogen-bond donors (Lipinski definition) is 0. The first-order valence-electron chi connectivity index (χ1n) is 8.74. The Labute approximate surface area is 182 Å². The maximum Gasteiger partial charge on any atom is 0.208 e. The lowest BCUT2D eigenvalue weighted by Crippen LogP contribution is -2.06. The van der Waals surface area contributed by atoms with Gasteiger partial charge in [-0.2, -0.15) is 0 Å². The van der Waals surface area contributed by atoms with E-state index in [0.717, 1.165) is 0 Å². The molecule has 0 amide bonds. The minimum atomic E-state index is -4.02. The molecule has 0 spiro atoms. The second kappa shape index (κ2) is 7.87. The summed E-state index contributed by atoms with van der Waals surface area (Å²) >= 11 is 12.3. The van der Waals surface area contributed by atoms with Gasteiger partial charge in [0.1, 0.15) is 11.6 Å². The Bertz CT molecular complexity index is 1390. The predicted molar refractivity (Wildman–Crippen MR) is 116 cm³/mol. The molecular formula is C22H14Cl2FNO3S. The van der Waals surface area contributed by atoms with E-state index in [1.165, 1.54) is 49.6 Å². The number of rotatable bonds is 4. The van der Waals surface area contributed by atoms with Crippen molar-refractivity contribution in [3.05, 3.63) is 82.6 Å². The topological polar surface area (TPSA) is 56.3 Å². The average Bonchev–Trinajstić information content (AvgIpc) is 2.72. The fourth-order valence-corrected chi connectivity index (χ4v) is 5.10. The normalized spacial score (nSPS) is 11.6. The van der Waals surface area contributed by atoms with Gasteiger partial charge in [-0.25, -0.2) is 17.8 Å². The molecule has 0 aliphatic rings. The minimum absolute atomic E-state index is 0.0140. The van der Waals surface area contributed by atoms with Crippen LogP contribution in [0.4, 0.5) is 4.39 Å². The number of sulfone groups is 1. The molecule has 3 aromatic carbocycles. The van der Waals surface area contributed by atoms with Crippen molar-refractivity contribution >= 4 is 43.9 Å². The minimum Gasteiger partial charge on any atom is -0.495 e. The third-order valence-electron chi connectivity index (χ3n) is 4.57. The molecule has 0 saturated carbocycles. The number of nitrogens with zero attached hydrogens (tertiary/aromatic N) is 1. The fourth-order valence-electron chi connectivity index (χ4n) is 3.11. The third kappa shape index (κ3) is 3.74. The van der Waals surface area contributed by atoms with Crippen LogP contribution in [0.1, 0.15) is 0 Å². The molecule has 0 aliphatic carbocycles. The summed E-state index contributed by atoms with van der Waals surface area (Å²) in [5, 5.41) is 1.07. The molecule has 30 heavy (non-hydrogen) atoms. The first kappa shape index (κ1) is 20.6. The van der Waals surface area contributed by atoms with Crippen molar-refractivity contribution in [2.24, 2.45) is 0 Å². The average molecular weight is 462 g/mol. The van der Waals surface area contributed by atoms with Crippen LogP contribution in [0.2, 0.25) is 10.0 Å². The summed E-state index contributed by atoms with van der Waals surface area (Å²) < 4.78 is 45.9. The van der Waals surface area contributed by atoms with Gasteiger partial charge in [-0.3, -0.25) is 0 Å². The summed E-state index contributed by atoms with van der Waals surface area (Å²) in [6, 6.07) is 16.4. The van der Waals surface area contributed by atoms with Gasteiger partial charge in [0.05, 0.1) is 33.1 Å². The van der Waals surface area contributed by atoms with E-state index >= 15 is 0 Å². The number of ether oxygens (including phenoxy) is 1. The summed E-state index contributed by atoms with van der Waals surface area (Å²) in [6.07, 6.45) is 0. The van der Waals surface area contributed by atoms with E-state index in [0.29, 0.717) is 27.2 Å². The van der Waals surface area contributed by atoms with Gasteiger partial charge in [0.15, 0.2) is 0 Å². The van der Waals surface area contributed by atoms with Crippen LogP contribution in [0.3, 0.4) is 0 Å². The number of benzene rings is 3. The second-order valence-corrected chi connectivity index (χ2v) is 9.24. The molecule has 0 saturated heterocycles. The maximum absolute atomic E-state index is 13.7. The van der Waals surface area contributed by atoms with E-state index in [9.17, 15) is 12.8 Å². The number of methoxy groups -OCH3 is 1. The first-order chi connectivity index (χ1) is 14.3. The van der Waals surface area contributed by atoms with Crippen LogP contribution < -0.4 is 4.74 Å². The molecule has 4 nitrogen and oxygen atoms in total. The Morgan fingerprint density at radius 1 is 0.967 bits per heavy atom. The lowest BCUT2D eigenvalue weighted by Gasteiger charge is -2.13. The van der Waals surface area contributed by atoms with Crippen LogP contribution in [0.25, 0.3) is 22.2 Å². The molecule has 4 aromatic rings. The van der Waals surface area contributed by atoms with E-state index in [1.807, 2.05) is 0 Å². The van der Waals surface area contributed by atoms with Gasteiger partial charge < -0.3 is 4.74 Å². The van der Waals surface area contributed by atoms with Gasteiger partial charge >= 0.3 is 0 Å². The van der Waals surface area contributed by atoms with Crippen molar-refractivity contribution in [1.82, 2.24) is 4.98 Å². The molecule has 4 rings (SSSR count). The lowest BCUT2D eigenvalue weighted by atomic mass is 10.1. The van der Waals surface area contributed by atoms with Gasteiger partial charge in [-0.15, -0.1) is 0 Å². The molecule has 0 unspecified atom stereocenters. The third-order valence-corrected chi connectivity index (χ3v) is 6.86. The second-order valence-electron chi connectivity index (χ2n) is 6.48. The molecule has 0 aliphatic heterocycles. The van der Waals surface area contributed by atoms with E-state index in [1.54, 1.807) is 24.3 Å². The number of pyridine rings is 1. The molecule has 152 valence electrons. The highest BCUT2D eigenvalue weighted by atomic mass is 35.5. The first-order valence-corrected chi connectivity index (χ1v) is 11.0. The smallest absolute Gasteiger partial charge is 0.208 e. The van der Waals surface area contributed by atoms with E-state index in [4.69, 9.17) is 27.9 Å². The van der Waals surface area contributed by atoms with Crippen molar-refractivity contribution in [2.45, 2.75) is 9.79 Å². The Morgan fingerprint density at radius 2 is 1.77 bits per heavy atom. The molecule has 0 atom stereocenters. The largest absolute Gasteiger partial charge is 0.495 e. The van der Waals surface area contributed by atoms with E-state index in [-0.39, 0.29) is 20.5 Å². The van der Waals surface area contributed by atoms with Crippen LogP contribution >= 0.6 is 23.2 Å². The molecule has 0 fully saturated rings. The molecule has 1 heterocycles. The van der Waals surface area contributed by atoms with Crippen LogP contribution in [-0.4, -0.2) is 20.5 Å². The molecule has 0 bridgehead atoms. The summed E-state index contributed by atoms with van der Waals surface area (Å²) in [6.45, 7) is 0. The standard InChI is InChI=1S/C22H14Cl2FNO3S/c1-29-20-8-7-17(12-18(20)24)30(27,28)21-10-13-5-6-16(25)11-19(13)26-22(21)14-3-2-4-15(23)9-14/h2-12H,1H3. The maximum atomic E-state index is 13.7. The SMILES string of the molecule is COc1ccc(S(=O)(=O)c2cc3ccc(F)cc3nc2-c2cccc(Cl)c2)cc1Cl. The number of halogens is 3. The summed E-state index contributed by atoms with van der Waals surface area (Å²) in [5.74, 6) is -0.109. The summed E-state index contributed by atoms with van der Waals surface area (Å²) in [5.41, 5.74) is 0.992. The quantitative estimate of drug-likeness (QED) is 0.363. The van der Waals surface area contributed by atoms with Crippen LogP contribution in [0, 0.1) is 5.82 Å². The van der Waals surface area contributed by atoms with Crippen LogP contribution in [0.15, 0.2) is 76.5 Å². The molecule has 0 N–H and O–H groups in total.